The first-order valence-electron chi connectivity index (χ1n) is 10.1. The Hall–Kier alpha value is -3.70. The van der Waals surface area contributed by atoms with Gasteiger partial charge in [-0.1, -0.05) is 72.8 Å². The zero-order valence-electron chi connectivity index (χ0n) is 17.0. The van der Waals surface area contributed by atoms with E-state index in [4.69, 9.17) is 4.98 Å². The van der Waals surface area contributed by atoms with Gasteiger partial charge in [0.1, 0.15) is 0 Å². The molecule has 4 nitrogen and oxygen atoms in total. The summed E-state index contributed by atoms with van der Waals surface area (Å²) in [5, 5.41) is 5.18. The van der Waals surface area contributed by atoms with Crippen molar-refractivity contribution < 1.29 is 4.79 Å². The van der Waals surface area contributed by atoms with E-state index in [-0.39, 0.29) is 11.8 Å². The van der Waals surface area contributed by atoms with Crippen LogP contribution in [0.25, 0.3) is 16.2 Å². The number of hydrogen-bond donors (Lipinski definition) is 1. The summed E-state index contributed by atoms with van der Waals surface area (Å²) in [4.78, 5) is 18.9. The monoisotopic (exact) mass is 423 g/mol. The maximum absolute atomic E-state index is 13.3. The van der Waals surface area contributed by atoms with E-state index in [2.05, 4.69) is 28.2 Å². The predicted molar refractivity (Wildman–Crippen MR) is 127 cm³/mol. The summed E-state index contributed by atoms with van der Waals surface area (Å²) in [6, 6.07) is 27.6. The number of nitrogens with zero attached hydrogens (tertiary/aromatic N) is 2. The summed E-state index contributed by atoms with van der Waals surface area (Å²) in [5.74, 6) is -0.423. The molecule has 0 saturated carbocycles. The predicted octanol–water partition coefficient (Wildman–Crippen LogP) is 6.14. The molecular weight excluding hydrogens is 402 g/mol. The number of carbonyl (C=O) groups is 1. The van der Waals surface area contributed by atoms with Crippen molar-refractivity contribution >= 4 is 27.9 Å². The molecule has 0 spiro atoms. The van der Waals surface area contributed by atoms with Crippen LogP contribution in [0.1, 0.15) is 22.7 Å². The number of nitrogens with one attached hydrogen (secondary N) is 1. The van der Waals surface area contributed by atoms with Crippen molar-refractivity contribution in [1.82, 2.24) is 9.38 Å². The van der Waals surface area contributed by atoms with Crippen LogP contribution in [0.4, 0.5) is 5.69 Å². The van der Waals surface area contributed by atoms with Gasteiger partial charge in [-0.25, -0.2) is 4.98 Å². The fourth-order valence-corrected chi connectivity index (χ4v) is 4.61. The minimum Gasteiger partial charge on any atom is -0.325 e. The molecule has 0 saturated heterocycles. The number of anilines is 1. The van der Waals surface area contributed by atoms with Gasteiger partial charge >= 0.3 is 0 Å². The molecule has 2 aromatic heterocycles. The lowest BCUT2D eigenvalue weighted by atomic mass is 9.90. The highest BCUT2D eigenvalue weighted by atomic mass is 32.1. The van der Waals surface area contributed by atoms with Gasteiger partial charge in [-0.05, 0) is 30.2 Å². The number of benzene rings is 3. The van der Waals surface area contributed by atoms with Crippen LogP contribution in [0.15, 0.2) is 96.5 Å². The third-order valence-electron chi connectivity index (χ3n) is 5.36. The van der Waals surface area contributed by atoms with Crippen LogP contribution in [0.2, 0.25) is 0 Å². The van der Waals surface area contributed by atoms with Gasteiger partial charge < -0.3 is 5.32 Å². The van der Waals surface area contributed by atoms with E-state index in [1.165, 1.54) is 5.69 Å². The Kier molecular flexibility index (Phi) is 5.10. The number of thiazole rings is 1. The van der Waals surface area contributed by atoms with Gasteiger partial charge in [0.2, 0.25) is 5.91 Å². The topological polar surface area (TPSA) is 46.4 Å². The lowest BCUT2D eigenvalue weighted by Crippen LogP contribution is -2.22. The van der Waals surface area contributed by atoms with Gasteiger partial charge in [0.05, 0.1) is 11.6 Å². The Morgan fingerprint density at radius 2 is 1.52 bits per heavy atom. The Labute approximate surface area is 184 Å². The Bertz CT molecular complexity index is 1280. The number of rotatable bonds is 5. The number of hydrogen-bond acceptors (Lipinski definition) is 3. The highest BCUT2D eigenvalue weighted by Gasteiger charge is 2.22. The van der Waals surface area contributed by atoms with Gasteiger partial charge in [-0.3, -0.25) is 9.20 Å². The highest BCUT2D eigenvalue weighted by Crippen LogP contribution is 2.28. The van der Waals surface area contributed by atoms with Crippen molar-refractivity contribution in [1.29, 1.82) is 0 Å². The van der Waals surface area contributed by atoms with Gasteiger partial charge in [0, 0.05) is 28.5 Å². The van der Waals surface area contributed by atoms with Gasteiger partial charge in [-0.2, -0.15) is 0 Å². The van der Waals surface area contributed by atoms with Crippen molar-refractivity contribution in [3.63, 3.8) is 0 Å². The van der Waals surface area contributed by atoms with E-state index < -0.39 is 0 Å². The zero-order chi connectivity index (χ0) is 21.2. The van der Waals surface area contributed by atoms with Crippen molar-refractivity contribution in [2.45, 2.75) is 12.8 Å². The molecule has 0 aliphatic rings. The minimum absolute atomic E-state index is 0.0525. The number of carbonyl (C=O) groups excluding carboxylic acids is 1. The molecule has 1 N–H and O–H groups in total. The van der Waals surface area contributed by atoms with E-state index in [9.17, 15) is 4.79 Å². The Morgan fingerprint density at radius 1 is 0.903 bits per heavy atom. The Balaban J connectivity index is 1.39. The third-order valence-corrected chi connectivity index (χ3v) is 6.32. The number of amides is 1. The molecule has 152 valence electrons. The van der Waals surface area contributed by atoms with Crippen LogP contribution in [-0.2, 0) is 4.79 Å². The molecule has 0 bridgehead atoms. The number of fused-ring (bicyclic) bond motifs is 1. The van der Waals surface area contributed by atoms with E-state index >= 15 is 0 Å². The summed E-state index contributed by atoms with van der Waals surface area (Å²) in [7, 11) is 0. The van der Waals surface area contributed by atoms with Crippen LogP contribution in [-0.4, -0.2) is 15.3 Å². The molecule has 0 aliphatic heterocycles. The zero-order valence-corrected chi connectivity index (χ0v) is 17.8. The third kappa shape index (κ3) is 3.88. The summed E-state index contributed by atoms with van der Waals surface area (Å²) < 4.78 is 2.10. The van der Waals surface area contributed by atoms with Gasteiger partial charge in [0.25, 0.3) is 0 Å². The van der Waals surface area contributed by atoms with Crippen molar-refractivity contribution in [2.24, 2.45) is 0 Å². The number of aryl methyl sites for hydroxylation is 1. The molecule has 5 rings (SSSR count). The molecule has 1 amide bonds. The SMILES string of the molecule is Cc1csc2nc(-c3ccc(NC(=O)C(c4ccccc4)c4ccccc4)cc3)cn12. The molecule has 31 heavy (non-hydrogen) atoms. The van der Waals surface area contributed by atoms with E-state index in [0.29, 0.717) is 0 Å². The second-order valence-electron chi connectivity index (χ2n) is 7.48. The molecule has 0 radical (unpaired) electrons. The van der Waals surface area contributed by atoms with E-state index in [0.717, 1.165) is 33.0 Å². The normalized spacial score (nSPS) is 11.2. The maximum Gasteiger partial charge on any atom is 0.236 e. The van der Waals surface area contributed by atoms with E-state index in [1.54, 1.807) is 11.3 Å². The summed E-state index contributed by atoms with van der Waals surface area (Å²) in [5.41, 5.74) is 5.83. The van der Waals surface area contributed by atoms with Crippen LogP contribution in [0.5, 0.6) is 0 Å². The second kappa shape index (κ2) is 8.20. The van der Waals surface area contributed by atoms with Crippen LogP contribution in [0.3, 0.4) is 0 Å². The Morgan fingerprint density at radius 3 is 2.10 bits per heavy atom. The fourth-order valence-electron chi connectivity index (χ4n) is 3.76. The molecule has 0 fully saturated rings. The average molecular weight is 424 g/mol. The molecule has 0 unspecified atom stereocenters. The molecule has 5 aromatic rings. The summed E-state index contributed by atoms with van der Waals surface area (Å²) in [6.45, 7) is 2.07. The largest absolute Gasteiger partial charge is 0.325 e. The lowest BCUT2D eigenvalue weighted by molar-refractivity contribution is -0.116. The quantitative estimate of drug-likeness (QED) is 0.369. The number of imidazole rings is 1. The first kappa shape index (κ1) is 19.3. The van der Waals surface area contributed by atoms with Crippen LogP contribution >= 0.6 is 11.3 Å². The first-order chi connectivity index (χ1) is 15.2. The molecule has 3 aromatic carbocycles. The molecule has 5 heteroatoms. The van der Waals surface area contributed by atoms with Crippen molar-refractivity contribution in [3.8, 4) is 11.3 Å². The molecule has 0 aliphatic carbocycles. The standard InChI is InChI=1S/C26H21N3OS/c1-18-17-31-26-28-23(16-29(18)26)19-12-14-22(15-13-19)27-25(30)24(20-8-4-2-5-9-20)21-10-6-3-7-11-21/h2-17,24H,1H3,(H,27,30). The van der Waals surface area contributed by atoms with Crippen molar-refractivity contribution in [2.75, 3.05) is 5.32 Å². The fraction of sp³-hybridized carbons (Fsp3) is 0.0769. The average Bonchev–Trinajstić information content (AvgIpc) is 3.38. The van der Waals surface area contributed by atoms with Gasteiger partial charge in [0.15, 0.2) is 4.96 Å². The maximum atomic E-state index is 13.3. The summed E-state index contributed by atoms with van der Waals surface area (Å²) >= 11 is 1.63. The first-order valence-corrected chi connectivity index (χ1v) is 11.0. The van der Waals surface area contributed by atoms with Crippen LogP contribution in [0, 0.1) is 6.92 Å². The number of aromatic nitrogens is 2. The van der Waals surface area contributed by atoms with Crippen molar-refractivity contribution in [3.05, 3.63) is 113 Å². The van der Waals surface area contributed by atoms with Crippen LogP contribution < -0.4 is 5.32 Å². The second-order valence-corrected chi connectivity index (χ2v) is 8.31. The molecule has 0 atom stereocenters. The molecule has 2 heterocycles. The van der Waals surface area contributed by atoms with E-state index in [1.807, 2.05) is 84.9 Å². The lowest BCUT2D eigenvalue weighted by Gasteiger charge is -2.18. The highest BCUT2D eigenvalue weighted by molar-refractivity contribution is 7.15. The summed E-state index contributed by atoms with van der Waals surface area (Å²) in [6.07, 6.45) is 2.05. The van der Waals surface area contributed by atoms with Gasteiger partial charge in [-0.15, -0.1) is 11.3 Å². The minimum atomic E-state index is -0.370. The smallest absolute Gasteiger partial charge is 0.236 e. The molecular formula is C26H21N3OS.